The van der Waals surface area contributed by atoms with Crippen LogP contribution in [-0.2, 0) is 25.1 Å². The van der Waals surface area contributed by atoms with Crippen molar-refractivity contribution in [2.24, 2.45) is 0 Å². The third kappa shape index (κ3) is 5.18. The lowest BCUT2D eigenvalue weighted by molar-refractivity contribution is -0.124. The number of rotatable bonds is 7. The summed E-state index contributed by atoms with van der Waals surface area (Å²) in [4.78, 5) is 12.1. The van der Waals surface area contributed by atoms with Crippen LogP contribution in [0.4, 0.5) is 13.2 Å². The number of sulfonamides is 1. The highest BCUT2D eigenvalue weighted by atomic mass is 32.2. The fraction of sp³-hybridized carbons (Fsp3) is 0.350. The summed E-state index contributed by atoms with van der Waals surface area (Å²) < 4.78 is 71.5. The fourth-order valence-electron chi connectivity index (χ4n) is 3.33. The summed E-state index contributed by atoms with van der Waals surface area (Å²) in [6.45, 7) is 0.601. The molecule has 1 aliphatic rings. The Morgan fingerprint density at radius 1 is 1.00 bits per heavy atom. The zero-order valence-electron chi connectivity index (χ0n) is 16.0. The molecule has 1 fully saturated rings. The summed E-state index contributed by atoms with van der Waals surface area (Å²) in [6.07, 6.45) is 0.808. The zero-order valence-corrected chi connectivity index (χ0v) is 16.8. The van der Waals surface area contributed by atoms with Crippen LogP contribution in [0.15, 0.2) is 47.4 Å². The molecule has 10 heteroatoms. The highest BCUT2D eigenvalue weighted by Crippen LogP contribution is 2.32. The Morgan fingerprint density at radius 3 is 2.30 bits per heavy atom. The second-order valence-corrected chi connectivity index (χ2v) is 8.74. The van der Waals surface area contributed by atoms with E-state index < -0.39 is 38.0 Å². The molecule has 1 aliphatic heterocycles. The number of halogens is 3. The second kappa shape index (κ2) is 9.15. The van der Waals surface area contributed by atoms with Crippen molar-refractivity contribution in [3.63, 3.8) is 0 Å². The average molecular weight is 442 g/mol. The van der Waals surface area contributed by atoms with Gasteiger partial charge in [0.2, 0.25) is 15.9 Å². The smallest absolute Gasteiger partial charge is 0.240 e. The largest absolute Gasteiger partial charge is 0.381 e. The normalized spacial score (nSPS) is 16.2. The standard InChI is InChI=1S/C20H21F3N2O4S/c21-15-3-1-14(2-4-15)20(8-11-29-12-9-20)25-19(26)7-10-24-30(27,28)16-5-6-17(22)18(23)13-16/h1-6,13,24H,7-12H2,(H,25,26). The quantitative estimate of drug-likeness (QED) is 0.691. The number of carbonyl (C=O) groups excluding carboxylic acids is 1. The molecule has 0 bridgehead atoms. The molecule has 2 N–H and O–H groups in total. The minimum absolute atomic E-state index is 0.174. The van der Waals surface area contributed by atoms with Crippen molar-refractivity contribution < 1.29 is 31.1 Å². The number of benzene rings is 2. The summed E-state index contributed by atoms with van der Waals surface area (Å²) in [5.41, 5.74) is 0.00468. The van der Waals surface area contributed by atoms with E-state index in [1.54, 1.807) is 12.1 Å². The summed E-state index contributed by atoms with van der Waals surface area (Å²) in [7, 11) is -4.10. The van der Waals surface area contributed by atoms with Crippen LogP contribution in [0.2, 0.25) is 0 Å². The number of carbonyl (C=O) groups is 1. The molecule has 0 spiro atoms. The van der Waals surface area contributed by atoms with Crippen molar-refractivity contribution in [3.8, 4) is 0 Å². The third-order valence-corrected chi connectivity index (χ3v) is 6.43. The molecule has 1 amide bonds. The molecule has 0 saturated carbocycles. The van der Waals surface area contributed by atoms with Gasteiger partial charge in [0.1, 0.15) is 5.82 Å². The molecule has 2 aromatic carbocycles. The van der Waals surface area contributed by atoms with Gasteiger partial charge in [-0.05, 0) is 48.7 Å². The summed E-state index contributed by atoms with van der Waals surface area (Å²) in [5.74, 6) is -3.24. The SMILES string of the molecule is O=C(CCNS(=O)(=O)c1ccc(F)c(F)c1)NC1(c2ccc(F)cc2)CCOCC1. The Hall–Kier alpha value is -2.43. The molecule has 0 aliphatic carbocycles. The first kappa shape index (κ1) is 22.3. The van der Waals surface area contributed by atoms with E-state index in [0.717, 1.165) is 11.6 Å². The van der Waals surface area contributed by atoms with Gasteiger partial charge in [-0.1, -0.05) is 12.1 Å². The van der Waals surface area contributed by atoms with Crippen LogP contribution in [0, 0.1) is 17.5 Å². The van der Waals surface area contributed by atoms with Gasteiger partial charge < -0.3 is 10.1 Å². The van der Waals surface area contributed by atoms with E-state index in [-0.39, 0.29) is 18.8 Å². The van der Waals surface area contributed by atoms with Gasteiger partial charge in [0.05, 0.1) is 10.4 Å². The van der Waals surface area contributed by atoms with Crippen molar-refractivity contribution in [1.29, 1.82) is 0 Å². The van der Waals surface area contributed by atoms with Crippen LogP contribution in [0.5, 0.6) is 0 Å². The molecular formula is C20H21F3N2O4S. The molecule has 162 valence electrons. The number of hydrogen-bond donors (Lipinski definition) is 2. The van der Waals surface area contributed by atoms with Crippen LogP contribution in [0.3, 0.4) is 0 Å². The minimum atomic E-state index is -4.10. The molecule has 6 nitrogen and oxygen atoms in total. The highest BCUT2D eigenvalue weighted by Gasteiger charge is 2.35. The molecule has 0 aromatic heterocycles. The van der Waals surface area contributed by atoms with E-state index in [2.05, 4.69) is 10.0 Å². The maximum absolute atomic E-state index is 13.3. The van der Waals surface area contributed by atoms with E-state index in [1.165, 1.54) is 12.1 Å². The lowest BCUT2D eigenvalue weighted by Crippen LogP contribution is -2.50. The van der Waals surface area contributed by atoms with Crippen molar-refractivity contribution in [3.05, 3.63) is 65.5 Å². The van der Waals surface area contributed by atoms with E-state index in [0.29, 0.717) is 38.2 Å². The van der Waals surface area contributed by atoms with Gasteiger partial charge in [0.15, 0.2) is 11.6 Å². The molecule has 0 atom stereocenters. The minimum Gasteiger partial charge on any atom is -0.381 e. The molecule has 1 heterocycles. The number of hydrogen-bond acceptors (Lipinski definition) is 4. The molecular weight excluding hydrogens is 421 g/mol. The molecule has 3 rings (SSSR count). The topological polar surface area (TPSA) is 84.5 Å². The lowest BCUT2D eigenvalue weighted by atomic mass is 9.82. The Labute approximate surface area is 172 Å². The second-order valence-electron chi connectivity index (χ2n) is 6.97. The van der Waals surface area contributed by atoms with E-state index in [4.69, 9.17) is 4.74 Å². The predicted octanol–water partition coefficient (Wildman–Crippen LogP) is 2.59. The van der Waals surface area contributed by atoms with Crippen molar-refractivity contribution >= 4 is 15.9 Å². The van der Waals surface area contributed by atoms with Gasteiger partial charge in [0, 0.05) is 26.2 Å². The lowest BCUT2D eigenvalue weighted by Gasteiger charge is -2.38. The van der Waals surface area contributed by atoms with E-state index in [1.807, 2.05) is 0 Å². The maximum atomic E-state index is 13.3. The molecule has 30 heavy (non-hydrogen) atoms. The number of amides is 1. The van der Waals surface area contributed by atoms with Gasteiger partial charge in [-0.25, -0.2) is 26.3 Å². The molecule has 0 radical (unpaired) electrons. The van der Waals surface area contributed by atoms with Crippen LogP contribution in [0.1, 0.15) is 24.8 Å². The van der Waals surface area contributed by atoms with E-state index in [9.17, 15) is 26.4 Å². The first-order valence-corrected chi connectivity index (χ1v) is 10.8. The summed E-state index contributed by atoms with van der Waals surface area (Å²) in [6, 6.07) is 8.06. The van der Waals surface area contributed by atoms with E-state index >= 15 is 0 Å². The first-order valence-electron chi connectivity index (χ1n) is 9.31. The Bertz CT molecular complexity index is 1010. The number of nitrogens with one attached hydrogen (secondary N) is 2. The van der Waals surface area contributed by atoms with Gasteiger partial charge >= 0.3 is 0 Å². The molecule has 0 unspecified atom stereocenters. The van der Waals surface area contributed by atoms with Crippen molar-refractivity contribution in [2.45, 2.75) is 29.7 Å². The van der Waals surface area contributed by atoms with Crippen LogP contribution in [-0.4, -0.2) is 34.1 Å². The third-order valence-electron chi connectivity index (χ3n) is 4.97. The van der Waals surface area contributed by atoms with Crippen LogP contribution >= 0.6 is 0 Å². The Morgan fingerprint density at radius 2 is 1.67 bits per heavy atom. The average Bonchev–Trinajstić information content (AvgIpc) is 2.71. The molecule has 1 saturated heterocycles. The van der Waals surface area contributed by atoms with Gasteiger partial charge in [-0.3, -0.25) is 4.79 Å². The van der Waals surface area contributed by atoms with Gasteiger partial charge in [-0.2, -0.15) is 0 Å². The van der Waals surface area contributed by atoms with Gasteiger partial charge in [0.25, 0.3) is 0 Å². The van der Waals surface area contributed by atoms with Gasteiger partial charge in [-0.15, -0.1) is 0 Å². The highest BCUT2D eigenvalue weighted by molar-refractivity contribution is 7.89. The summed E-state index contributed by atoms with van der Waals surface area (Å²) >= 11 is 0. The first-order chi connectivity index (χ1) is 14.2. The maximum Gasteiger partial charge on any atom is 0.240 e. The van der Waals surface area contributed by atoms with Crippen molar-refractivity contribution in [2.75, 3.05) is 19.8 Å². The van der Waals surface area contributed by atoms with Crippen LogP contribution < -0.4 is 10.0 Å². The Kier molecular flexibility index (Phi) is 6.79. The fourth-order valence-corrected chi connectivity index (χ4v) is 4.37. The summed E-state index contributed by atoms with van der Waals surface area (Å²) in [5, 5.41) is 2.92. The molecule has 2 aromatic rings. The predicted molar refractivity (Wildman–Crippen MR) is 102 cm³/mol. The Balaban J connectivity index is 1.63. The van der Waals surface area contributed by atoms with Crippen LogP contribution in [0.25, 0.3) is 0 Å². The monoisotopic (exact) mass is 442 g/mol. The zero-order chi connectivity index (χ0) is 21.8. The van der Waals surface area contributed by atoms with Crippen molar-refractivity contribution in [1.82, 2.24) is 10.0 Å². The number of ether oxygens (including phenoxy) is 1.